The fraction of sp³-hybridized carbons (Fsp3) is 0.429. The molecule has 0 spiro atoms. The molecule has 0 fully saturated rings. The van der Waals surface area contributed by atoms with Crippen molar-refractivity contribution in [2.24, 2.45) is 0 Å². The molecule has 0 aliphatic rings. The third-order valence-corrected chi connectivity index (χ3v) is 3.59. The Hall–Kier alpha value is -0.900. The normalized spacial score (nSPS) is 13.3. The van der Waals surface area contributed by atoms with Crippen LogP contribution >= 0.6 is 11.8 Å². The Morgan fingerprint density at radius 1 is 1.22 bits per heavy atom. The van der Waals surface area contributed by atoms with Crippen molar-refractivity contribution in [3.8, 4) is 0 Å². The molecule has 1 aromatic carbocycles. The van der Waals surface area contributed by atoms with Crippen molar-refractivity contribution < 1.29 is 13.2 Å². The van der Waals surface area contributed by atoms with E-state index in [9.17, 15) is 13.2 Å². The Balaban J connectivity index is 2.36. The predicted molar refractivity (Wildman–Crippen MR) is 71.6 cm³/mol. The topological polar surface area (TPSA) is 0 Å². The zero-order chi connectivity index (χ0) is 13.4. The molecule has 1 rings (SSSR count). The van der Waals surface area contributed by atoms with Gasteiger partial charge in [-0.2, -0.15) is 13.2 Å². The molecule has 0 N–H and O–H groups in total. The Morgan fingerprint density at radius 2 is 1.89 bits per heavy atom. The first-order valence-corrected chi connectivity index (χ1v) is 6.78. The van der Waals surface area contributed by atoms with Gasteiger partial charge in [0.1, 0.15) is 0 Å². The standard InChI is InChI=1S/C14H17F3S/c1-2-7-13(18-14(15,16)17)11-6-10-12-8-4-3-5-9-12/h2-5,8-9,13H,1,6-7,10-11H2. The van der Waals surface area contributed by atoms with Crippen molar-refractivity contribution in [2.75, 3.05) is 0 Å². The molecular formula is C14H17F3S. The molecule has 0 radical (unpaired) electrons. The van der Waals surface area contributed by atoms with Crippen LogP contribution in [0.4, 0.5) is 13.2 Å². The fourth-order valence-electron chi connectivity index (χ4n) is 1.78. The summed E-state index contributed by atoms with van der Waals surface area (Å²) < 4.78 is 36.9. The molecule has 0 amide bonds. The van der Waals surface area contributed by atoms with E-state index in [4.69, 9.17) is 0 Å². The largest absolute Gasteiger partial charge is 0.442 e. The maximum atomic E-state index is 12.3. The maximum absolute atomic E-state index is 12.3. The number of hydrogen-bond donors (Lipinski definition) is 0. The summed E-state index contributed by atoms with van der Waals surface area (Å²) in [5.41, 5.74) is -2.98. The SMILES string of the molecule is C=CCC(CCCc1ccccc1)SC(F)(F)F. The monoisotopic (exact) mass is 274 g/mol. The average molecular weight is 274 g/mol. The highest BCUT2D eigenvalue weighted by Gasteiger charge is 2.32. The minimum absolute atomic E-state index is 0.0903. The number of aryl methyl sites for hydroxylation is 1. The molecular weight excluding hydrogens is 257 g/mol. The molecule has 0 aliphatic heterocycles. The summed E-state index contributed by atoms with van der Waals surface area (Å²) in [6.07, 6.45) is 4.12. The van der Waals surface area contributed by atoms with E-state index in [0.29, 0.717) is 12.8 Å². The minimum Gasteiger partial charge on any atom is -0.160 e. The third-order valence-electron chi connectivity index (χ3n) is 2.56. The van der Waals surface area contributed by atoms with E-state index in [1.54, 1.807) is 6.08 Å². The van der Waals surface area contributed by atoms with E-state index in [2.05, 4.69) is 6.58 Å². The van der Waals surface area contributed by atoms with Gasteiger partial charge < -0.3 is 0 Å². The van der Waals surface area contributed by atoms with Gasteiger partial charge in [-0.05, 0) is 43.0 Å². The lowest BCUT2D eigenvalue weighted by molar-refractivity contribution is -0.0334. The lowest BCUT2D eigenvalue weighted by Crippen LogP contribution is -2.11. The van der Waals surface area contributed by atoms with Crippen molar-refractivity contribution in [1.29, 1.82) is 0 Å². The number of halogens is 3. The van der Waals surface area contributed by atoms with Crippen LogP contribution in [0, 0.1) is 0 Å². The van der Waals surface area contributed by atoms with Gasteiger partial charge in [-0.15, -0.1) is 6.58 Å². The van der Waals surface area contributed by atoms with Crippen LogP contribution in [0.1, 0.15) is 24.8 Å². The van der Waals surface area contributed by atoms with Crippen molar-refractivity contribution in [3.05, 3.63) is 48.6 Å². The minimum atomic E-state index is -4.15. The highest BCUT2D eigenvalue weighted by molar-refractivity contribution is 8.00. The van der Waals surface area contributed by atoms with E-state index >= 15 is 0 Å². The lowest BCUT2D eigenvalue weighted by Gasteiger charge is -2.16. The highest BCUT2D eigenvalue weighted by atomic mass is 32.2. The van der Waals surface area contributed by atoms with Gasteiger partial charge >= 0.3 is 5.51 Å². The zero-order valence-electron chi connectivity index (χ0n) is 10.1. The quantitative estimate of drug-likeness (QED) is 0.615. The first-order chi connectivity index (χ1) is 8.51. The van der Waals surface area contributed by atoms with Gasteiger partial charge in [0.15, 0.2) is 0 Å². The van der Waals surface area contributed by atoms with Gasteiger partial charge in [-0.3, -0.25) is 0 Å². The van der Waals surface area contributed by atoms with Crippen LogP contribution in [-0.2, 0) is 6.42 Å². The van der Waals surface area contributed by atoms with Crippen molar-refractivity contribution in [1.82, 2.24) is 0 Å². The van der Waals surface area contributed by atoms with Crippen LogP contribution in [0.2, 0.25) is 0 Å². The van der Waals surface area contributed by atoms with Gasteiger partial charge in [0.2, 0.25) is 0 Å². The molecule has 1 unspecified atom stereocenters. The van der Waals surface area contributed by atoms with Crippen LogP contribution < -0.4 is 0 Å². The van der Waals surface area contributed by atoms with Crippen LogP contribution in [-0.4, -0.2) is 10.8 Å². The summed E-state index contributed by atoms with van der Waals surface area (Å²) in [6, 6.07) is 9.82. The summed E-state index contributed by atoms with van der Waals surface area (Å²) in [5, 5.41) is -0.411. The van der Waals surface area contributed by atoms with E-state index < -0.39 is 10.8 Å². The molecule has 0 aliphatic carbocycles. The smallest absolute Gasteiger partial charge is 0.160 e. The molecule has 0 saturated heterocycles. The molecule has 4 heteroatoms. The van der Waals surface area contributed by atoms with Gasteiger partial charge in [-0.1, -0.05) is 36.4 Å². The first kappa shape index (κ1) is 15.2. The summed E-state index contributed by atoms with van der Waals surface area (Å²) in [4.78, 5) is 0. The molecule has 0 saturated carbocycles. The van der Waals surface area contributed by atoms with E-state index in [0.717, 1.165) is 12.8 Å². The Morgan fingerprint density at radius 3 is 2.44 bits per heavy atom. The summed E-state index contributed by atoms with van der Waals surface area (Å²) in [5.74, 6) is 0. The highest BCUT2D eigenvalue weighted by Crippen LogP contribution is 2.37. The van der Waals surface area contributed by atoms with Crippen molar-refractivity contribution in [3.63, 3.8) is 0 Å². The number of rotatable bonds is 7. The second kappa shape index (κ2) is 7.52. The molecule has 0 nitrogen and oxygen atoms in total. The molecule has 100 valence electrons. The molecule has 18 heavy (non-hydrogen) atoms. The number of hydrogen-bond acceptors (Lipinski definition) is 1. The zero-order valence-corrected chi connectivity index (χ0v) is 10.9. The first-order valence-electron chi connectivity index (χ1n) is 5.90. The second-order valence-corrected chi connectivity index (χ2v) is 5.45. The van der Waals surface area contributed by atoms with Crippen LogP contribution in [0.3, 0.4) is 0 Å². The molecule has 0 heterocycles. The number of alkyl halides is 3. The Bertz CT molecular complexity index is 346. The summed E-state index contributed by atoms with van der Waals surface area (Å²) in [7, 11) is 0. The van der Waals surface area contributed by atoms with Crippen LogP contribution in [0.25, 0.3) is 0 Å². The molecule has 1 atom stereocenters. The fourth-order valence-corrected chi connectivity index (χ4v) is 2.67. The Labute approximate surface area is 110 Å². The maximum Gasteiger partial charge on any atom is 0.442 e. The van der Waals surface area contributed by atoms with Gasteiger partial charge in [0.05, 0.1) is 0 Å². The van der Waals surface area contributed by atoms with Gasteiger partial charge in [-0.25, -0.2) is 0 Å². The predicted octanol–water partition coefficient (Wildman–Crippen LogP) is 5.21. The van der Waals surface area contributed by atoms with Gasteiger partial charge in [0, 0.05) is 5.25 Å². The van der Waals surface area contributed by atoms with E-state index in [1.165, 1.54) is 5.56 Å². The Kier molecular flexibility index (Phi) is 6.33. The van der Waals surface area contributed by atoms with Crippen LogP contribution in [0.5, 0.6) is 0 Å². The van der Waals surface area contributed by atoms with Crippen molar-refractivity contribution >= 4 is 11.8 Å². The van der Waals surface area contributed by atoms with E-state index in [1.807, 2.05) is 30.3 Å². The van der Waals surface area contributed by atoms with Gasteiger partial charge in [0.25, 0.3) is 0 Å². The molecule has 1 aromatic rings. The number of thioether (sulfide) groups is 1. The summed E-state index contributed by atoms with van der Waals surface area (Å²) in [6.45, 7) is 3.52. The third kappa shape index (κ3) is 6.74. The second-order valence-electron chi connectivity index (χ2n) is 4.09. The average Bonchev–Trinajstić information content (AvgIpc) is 2.28. The molecule has 0 aromatic heterocycles. The van der Waals surface area contributed by atoms with Crippen LogP contribution in [0.15, 0.2) is 43.0 Å². The number of benzene rings is 1. The number of allylic oxidation sites excluding steroid dienone is 1. The lowest BCUT2D eigenvalue weighted by atomic mass is 10.1. The molecule has 0 bridgehead atoms. The van der Waals surface area contributed by atoms with E-state index in [-0.39, 0.29) is 11.8 Å². The van der Waals surface area contributed by atoms with Crippen molar-refractivity contribution in [2.45, 2.75) is 36.4 Å². The summed E-state index contributed by atoms with van der Waals surface area (Å²) >= 11 is 0.0903.